The third-order valence-corrected chi connectivity index (χ3v) is 4.89. The normalized spacial score (nSPS) is 10.4. The molecule has 0 bridgehead atoms. The molecule has 6 nitrogen and oxygen atoms in total. The highest BCUT2D eigenvalue weighted by atomic mass is 35.5. The summed E-state index contributed by atoms with van der Waals surface area (Å²) in [7, 11) is 1.59. The largest absolute Gasteiger partial charge is 0.497 e. The Kier molecular flexibility index (Phi) is 6.62. The van der Waals surface area contributed by atoms with Crippen LogP contribution in [0.3, 0.4) is 0 Å². The number of rotatable bonds is 7. The Morgan fingerprint density at radius 1 is 1.18 bits per heavy atom. The van der Waals surface area contributed by atoms with Crippen molar-refractivity contribution in [2.24, 2.45) is 0 Å². The summed E-state index contributed by atoms with van der Waals surface area (Å²) in [6.07, 6.45) is 0. The topological polar surface area (TPSA) is 77.5 Å². The maximum atomic E-state index is 12.1. The number of hydrogen-bond acceptors (Lipinski definition) is 6. The summed E-state index contributed by atoms with van der Waals surface area (Å²) < 4.78 is 10.2. The molecule has 1 aromatic heterocycles. The maximum absolute atomic E-state index is 12.1. The molecular formula is C20H17ClN2O4S. The number of carbonyl (C=O) groups is 2. The first-order chi connectivity index (χ1) is 13.5. The lowest BCUT2D eigenvalue weighted by Gasteiger charge is -2.06. The number of aromatic nitrogens is 1. The van der Waals surface area contributed by atoms with Gasteiger partial charge < -0.3 is 14.8 Å². The molecule has 0 atom stereocenters. The van der Waals surface area contributed by atoms with E-state index in [1.54, 1.807) is 30.7 Å². The van der Waals surface area contributed by atoms with Crippen LogP contribution < -0.4 is 10.1 Å². The second-order valence-corrected chi connectivity index (χ2v) is 7.04. The quantitative estimate of drug-likeness (QED) is 0.590. The number of benzene rings is 2. The first kappa shape index (κ1) is 19.9. The number of nitrogens with zero attached hydrogens (tertiary/aromatic N) is 1. The second-order valence-electron chi connectivity index (χ2n) is 5.75. The van der Waals surface area contributed by atoms with Gasteiger partial charge in [0.15, 0.2) is 12.3 Å². The smallest absolute Gasteiger partial charge is 0.358 e. The summed E-state index contributed by atoms with van der Waals surface area (Å²) in [5.74, 6) is -0.309. The van der Waals surface area contributed by atoms with E-state index in [4.69, 9.17) is 21.1 Å². The lowest BCUT2D eigenvalue weighted by Crippen LogP contribution is -2.28. The lowest BCUT2D eigenvalue weighted by atomic mass is 10.2. The lowest BCUT2D eigenvalue weighted by molar-refractivity contribution is -0.124. The van der Waals surface area contributed by atoms with Crippen LogP contribution in [-0.2, 0) is 16.1 Å². The highest BCUT2D eigenvalue weighted by Crippen LogP contribution is 2.25. The molecule has 3 rings (SSSR count). The van der Waals surface area contributed by atoms with Gasteiger partial charge in [-0.05, 0) is 42.0 Å². The zero-order valence-corrected chi connectivity index (χ0v) is 16.5. The second kappa shape index (κ2) is 9.34. The van der Waals surface area contributed by atoms with E-state index in [-0.39, 0.29) is 12.3 Å². The van der Waals surface area contributed by atoms with E-state index in [1.807, 2.05) is 30.3 Å². The van der Waals surface area contributed by atoms with Crippen molar-refractivity contribution in [2.75, 3.05) is 13.7 Å². The van der Waals surface area contributed by atoms with Crippen molar-refractivity contribution in [3.05, 3.63) is 70.2 Å². The summed E-state index contributed by atoms with van der Waals surface area (Å²) in [4.78, 5) is 28.3. The molecule has 0 unspecified atom stereocenters. The van der Waals surface area contributed by atoms with Crippen LogP contribution in [0, 0.1) is 0 Å². The summed E-state index contributed by atoms with van der Waals surface area (Å²) >= 11 is 7.22. The fourth-order valence-corrected chi connectivity index (χ4v) is 3.35. The van der Waals surface area contributed by atoms with E-state index in [0.717, 1.165) is 16.9 Å². The van der Waals surface area contributed by atoms with E-state index >= 15 is 0 Å². The predicted octanol–water partition coefficient (Wildman–Crippen LogP) is 3.95. The molecule has 144 valence electrons. The summed E-state index contributed by atoms with van der Waals surface area (Å²) in [6.45, 7) is -0.0793. The van der Waals surface area contributed by atoms with E-state index in [9.17, 15) is 9.59 Å². The number of ether oxygens (including phenoxy) is 2. The zero-order chi connectivity index (χ0) is 19.9. The van der Waals surface area contributed by atoms with E-state index in [2.05, 4.69) is 10.3 Å². The van der Waals surface area contributed by atoms with E-state index in [0.29, 0.717) is 16.6 Å². The average Bonchev–Trinajstić information content (AvgIpc) is 3.21. The van der Waals surface area contributed by atoms with Crippen LogP contribution in [0.15, 0.2) is 53.9 Å². The molecule has 0 radical (unpaired) electrons. The molecule has 0 aliphatic carbocycles. The minimum atomic E-state index is -0.645. The SMILES string of the molecule is COc1ccc(-c2nc(C(=O)OCC(=O)NCc3cccc(Cl)c3)cs2)cc1. The molecule has 1 heterocycles. The first-order valence-electron chi connectivity index (χ1n) is 8.33. The molecule has 1 N–H and O–H groups in total. The van der Waals surface area contributed by atoms with Crippen molar-refractivity contribution in [2.45, 2.75) is 6.54 Å². The van der Waals surface area contributed by atoms with Crippen molar-refractivity contribution in [1.29, 1.82) is 0 Å². The molecular weight excluding hydrogens is 400 g/mol. The van der Waals surface area contributed by atoms with Gasteiger partial charge in [0, 0.05) is 22.5 Å². The highest BCUT2D eigenvalue weighted by molar-refractivity contribution is 7.13. The van der Waals surface area contributed by atoms with E-state index in [1.165, 1.54) is 11.3 Å². The molecule has 8 heteroatoms. The average molecular weight is 417 g/mol. The van der Waals surface area contributed by atoms with Crippen LogP contribution in [0.1, 0.15) is 16.1 Å². The Bertz CT molecular complexity index is 972. The van der Waals surface area contributed by atoms with Crippen LogP contribution >= 0.6 is 22.9 Å². The van der Waals surface area contributed by atoms with Gasteiger partial charge in [0.05, 0.1) is 7.11 Å². The maximum Gasteiger partial charge on any atom is 0.358 e. The van der Waals surface area contributed by atoms with Crippen LogP contribution in [0.4, 0.5) is 0 Å². The van der Waals surface area contributed by atoms with Gasteiger partial charge in [0.1, 0.15) is 10.8 Å². The van der Waals surface area contributed by atoms with Crippen LogP contribution in [-0.4, -0.2) is 30.6 Å². The summed E-state index contributed by atoms with van der Waals surface area (Å²) in [5, 5.41) is 5.55. The van der Waals surface area contributed by atoms with Crippen molar-refractivity contribution < 1.29 is 19.1 Å². The van der Waals surface area contributed by atoms with Crippen LogP contribution in [0.25, 0.3) is 10.6 Å². The Morgan fingerprint density at radius 3 is 2.68 bits per heavy atom. The molecule has 28 heavy (non-hydrogen) atoms. The predicted molar refractivity (Wildman–Crippen MR) is 108 cm³/mol. The van der Waals surface area contributed by atoms with Crippen molar-refractivity contribution in [3.63, 3.8) is 0 Å². The molecule has 3 aromatic rings. The van der Waals surface area contributed by atoms with Gasteiger partial charge in [0.2, 0.25) is 0 Å². The number of nitrogens with one attached hydrogen (secondary N) is 1. The van der Waals surface area contributed by atoms with Crippen molar-refractivity contribution >= 4 is 34.8 Å². The minimum Gasteiger partial charge on any atom is -0.497 e. The van der Waals surface area contributed by atoms with Gasteiger partial charge in [-0.25, -0.2) is 9.78 Å². The molecule has 0 aliphatic heterocycles. The molecule has 0 saturated heterocycles. The standard InChI is InChI=1S/C20H17ClN2O4S/c1-26-16-7-5-14(6-8-16)19-23-17(12-28-19)20(25)27-11-18(24)22-10-13-3-2-4-15(21)9-13/h2-9,12H,10-11H2,1H3,(H,22,24). The molecule has 0 spiro atoms. The zero-order valence-electron chi connectivity index (χ0n) is 15.0. The minimum absolute atomic E-state index is 0.165. The molecule has 0 fully saturated rings. The number of halogens is 1. The Labute approximate surface area is 171 Å². The van der Waals surface area contributed by atoms with Gasteiger partial charge >= 0.3 is 5.97 Å². The third kappa shape index (κ3) is 5.31. The molecule has 2 aromatic carbocycles. The fraction of sp³-hybridized carbons (Fsp3) is 0.150. The number of amides is 1. The number of methoxy groups -OCH3 is 1. The Morgan fingerprint density at radius 2 is 1.96 bits per heavy atom. The fourth-order valence-electron chi connectivity index (χ4n) is 2.34. The van der Waals surface area contributed by atoms with Gasteiger partial charge in [-0.3, -0.25) is 4.79 Å². The number of thiazole rings is 1. The van der Waals surface area contributed by atoms with E-state index < -0.39 is 11.9 Å². The third-order valence-electron chi connectivity index (χ3n) is 3.76. The summed E-state index contributed by atoms with van der Waals surface area (Å²) in [6, 6.07) is 14.5. The first-order valence-corrected chi connectivity index (χ1v) is 9.59. The Hall–Kier alpha value is -2.90. The van der Waals surface area contributed by atoms with Gasteiger partial charge in [-0.2, -0.15) is 0 Å². The summed E-state index contributed by atoms with van der Waals surface area (Å²) in [5.41, 5.74) is 1.89. The van der Waals surface area contributed by atoms with Crippen molar-refractivity contribution in [3.8, 4) is 16.3 Å². The van der Waals surface area contributed by atoms with Crippen LogP contribution in [0.5, 0.6) is 5.75 Å². The van der Waals surface area contributed by atoms with Crippen molar-refractivity contribution in [1.82, 2.24) is 10.3 Å². The van der Waals surface area contributed by atoms with Gasteiger partial charge in [-0.1, -0.05) is 23.7 Å². The number of esters is 1. The molecule has 0 saturated carbocycles. The monoisotopic (exact) mass is 416 g/mol. The van der Waals surface area contributed by atoms with Gasteiger partial charge in [-0.15, -0.1) is 11.3 Å². The highest BCUT2D eigenvalue weighted by Gasteiger charge is 2.15. The van der Waals surface area contributed by atoms with Gasteiger partial charge in [0.25, 0.3) is 5.91 Å². The Balaban J connectivity index is 1.50. The number of hydrogen-bond donors (Lipinski definition) is 1. The number of carbonyl (C=O) groups excluding carboxylic acids is 2. The molecule has 1 amide bonds. The van der Waals surface area contributed by atoms with Crippen LogP contribution in [0.2, 0.25) is 5.02 Å². The molecule has 0 aliphatic rings.